The molecule has 0 spiro atoms. The fourth-order valence-corrected chi connectivity index (χ4v) is 1.62. The van der Waals surface area contributed by atoms with E-state index in [4.69, 9.17) is 9.84 Å². The minimum atomic E-state index is -1.13. The number of hydrogen-bond acceptors (Lipinski definition) is 4. The van der Waals surface area contributed by atoms with E-state index in [0.717, 1.165) is 16.8 Å². The quantitative estimate of drug-likeness (QED) is 0.839. The van der Waals surface area contributed by atoms with Crippen molar-refractivity contribution in [2.75, 3.05) is 6.61 Å². The van der Waals surface area contributed by atoms with Gasteiger partial charge in [0, 0.05) is 12.3 Å². The van der Waals surface area contributed by atoms with Crippen molar-refractivity contribution in [2.45, 2.75) is 6.92 Å². The van der Waals surface area contributed by atoms with Crippen molar-refractivity contribution in [1.82, 2.24) is 9.55 Å². The van der Waals surface area contributed by atoms with E-state index >= 15 is 0 Å². The molecule has 1 aromatic heterocycles. The number of hydrogen-bond donors (Lipinski definition) is 1. The van der Waals surface area contributed by atoms with Crippen molar-refractivity contribution in [3.63, 3.8) is 0 Å². The van der Waals surface area contributed by atoms with Crippen LogP contribution in [0.25, 0.3) is 17.1 Å². The van der Waals surface area contributed by atoms with Gasteiger partial charge in [-0.25, -0.2) is 9.78 Å². The van der Waals surface area contributed by atoms with Gasteiger partial charge in [-0.2, -0.15) is 0 Å². The summed E-state index contributed by atoms with van der Waals surface area (Å²) in [4.78, 5) is 26.6. The Hall–Kier alpha value is -2.63. The number of aromatic nitrogens is 2. The highest BCUT2D eigenvalue weighted by atomic mass is 16.5. The van der Waals surface area contributed by atoms with Crippen LogP contribution in [0.4, 0.5) is 0 Å². The molecule has 0 unspecified atom stereocenters. The molecule has 0 aliphatic heterocycles. The Kier molecular flexibility index (Phi) is 3.61. The van der Waals surface area contributed by atoms with Gasteiger partial charge in [0.1, 0.15) is 12.1 Å². The van der Waals surface area contributed by atoms with Crippen LogP contribution >= 0.6 is 0 Å². The Morgan fingerprint density at radius 3 is 3.00 bits per heavy atom. The van der Waals surface area contributed by atoms with E-state index in [0.29, 0.717) is 23.3 Å². The predicted octanol–water partition coefficient (Wildman–Crippen LogP) is 1.35. The first-order valence-corrected chi connectivity index (χ1v) is 5.66. The minimum Gasteiger partial charge on any atom is -0.494 e. The molecule has 0 atom stereocenters. The number of rotatable bonds is 4. The van der Waals surface area contributed by atoms with Gasteiger partial charge in [-0.15, -0.1) is 0 Å². The maximum absolute atomic E-state index is 12.1. The summed E-state index contributed by atoms with van der Waals surface area (Å²) in [6.45, 7) is 2.35. The second kappa shape index (κ2) is 5.34. The van der Waals surface area contributed by atoms with E-state index in [2.05, 4.69) is 4.98 Å². The van der Waals surface area contributed by atoms with E-state index in [9.17, 15) is 9.59 Å². The van der Waals surface area contributed by atoms with E-state index in [1.165, 1.54) is 6.33 Å². The third-order valence-electron chi connectivity index (χ3n) is 2.44. The van der Waals surface area contributed by atoms with Crippen molar-refractivity contribution >= 4 is 23.1 Å². The molecule has 0 fully saturated rings. The molecule has 0 radical (unpaired) electrons. The summed E-state index contributed by atoms with van der Waals surface area (Å²) in [5, 5.41) is 8.93. The molecule has 0 amide bonds. The van der Waals surface area contributed by atoms with Crippen molar-refractivity contribution in [3.8, 4) is 5.75 Å². The molecule has 1 N–H and O–H groups in total. The van der Waals surface area contributed by atoms with Crippen LogP contribution in [0.15, 0.2) is 35.4 Å². The van der Waals surface area contributed by atoms with Crippen LogP contribution in [0, 0.1) is 0 Å². The summed E-state index contributed by atoms with van der Waals surface area (Å²) in [5.74, 6) is -0.552. The number of benzene rings is 1. The Balaban J connectivity index is 2.55. The summed E-state index contributed by atoms with van der Waals surface area (Å²) in [5.41, 5.74) is 0.192. The Labute approximate surface area is 108 Å². The summed E-state index contributed by atoms with van der Waals surface area (Å²) in [7, 11) is 0. The van der Waals surface area contributed by atoms with Gasteiger partial charge in [0.15, 0.2) is 0 Å². The highest BCUT2D eigenvalue weighted by Crippen LogP contribution is 2.16. The second-order valence-electron chi connectivity index (χ2n) is 3.72. The Bertz CT molecular complexity index is 703. The first-order valence-electron chi connectivity index (χ1n) is 5.66. The van der Waals surface area contributed by atoms with Gasteiger partial charge < -0.3 is 9.84 Å². The monoisotopic (exact) mass is 260 g/mol. The predicted molar refractivity (Wildman–Crippen MR) is 70.1 cm³/mol. The molecule has 19 heavy (non-hydrogen) atoms. The largest absolute Gasteiger partial charge is 0.494 e. The lowest BCUT2D eigenvalue weighted by molar-refractivity contribution is -0.131. The lowest BCUT2D eigenvalue weighted by Crippen LogP contribution is -2.16. The second-order valence-corrected chi connectivity index (χ2v) is 3.72. The standard InChI is InChI=1S/C13H12N2O4/c1-2-19-9-3-4-11-10(7-9)13(18)15(8-14-11)6-5-12(16)17/h3-8H,2H2,1H3,(H,16,17). The van der Waals surface area contributed by atoms with Crippen LogP contribution < -0.4 is 10.3 Å². The molecule has 0 saturated carbocycles. The van der Waals surface area contributed by atoms with Crippen molar-refractivity contribution in [1.29, 1.82) is 0 Å². The smallest absolute Gasteiger partial charge is 0.329 e. The summed E-state index contributed by atoms with van der Waals surface area (Å²) in [6.07, 6.45) is 3.32. The third-order valence-corrected chi connectivity index (χ3v) is 2.44. The van der Waals surface area contributed by atoms with Gasteiger partial charge in [-0.3, -0.25) is 9.36 Å². The van der Waals surface area contributed by atoms with E-state index < -0.39 is 5.97 Å². The molecule has 2 rings (SSSR count). The first-order chi connectivity index (χ1) is 9.11. The summed E-state index contributed by atoms with van der Waals surface area (Å²) >= 11 is 0. The molecule has 98 valence electrons. The molecule has 1 aromatic carbocycles. The third kappa shape index (κ3) is 2.79. The highest BCUT2D eigenvalue weighted by Gasteiger charge is 2.04. The lowest BCUT2D eigenvalue weighted by atomic mass is 10.2. The van der Waals surface area contributed by atoms with Crippen LogP contribution in [-0.4, -0.2) is 27.2 Å². The molecule has 2 aromatic rings. The maximum Gasteiger partial charge on any atom is 0.329 e. The molecule has 0 aliphatic rings. The minimum absolute atomic E-state index is 0.343. The zero-order valence-corrected chi connectivity index (χ0v) is 10.2. The van der Waals surface area contributed by atoms with Crippen LogP contribution in [0.5, 0.6) is 5.75 Å². The first kappa shape index (κ1) is 12.8. The number of carboxylic acid groups (broad SMARTS) is 1. The molecule has 0 saturated heterocycles. The van der Waals surface area contributed by atoms with Gasteiger partial charge in [0.25, 0.3) is 5.56 Å². The lowest BCUT2D eigenvalue weighted by Gasteiger charge is -2.05. The SMILES string of the molecule is CCOc1ccc2ncn(C=CC(=O)O)c(=O)c2c1. The average molecular weight is 260 g/mol. The van der Waals surface area contributed by atoms with Gasteiger partial charge in [-0.1, -0.05) is 0 Å². The number of carbonyl (C=O) groups is 1. The fraction of sp³-hybridized carbons (Fsp3) is 0.154. The molecule has 0 aliphatic carbocycles. The van der Waals surface area contributed by atoms with E-state index in [1.54, 1.807) is 18.2 Å². The average Bonchev–Trinajstić information content (AvgIpc) is 2.39. The van der Waals surface area contributed by atoms with Crippen molar-refractivity contribution < 1.29 is 14.6 Å². The number of carboxylic acids is 1. The Morgan fingerprint density at radius 1 is 1.53 bits per heavy atom. The van der Waals surface area contributed by atoms with Gasteiger partial charge in [-0.05, 0) is 25.1 Å². The van der Waals surface area contributed by atoms with Gasteiger partial charge >= 0.3 is 5.97 Å². The van der Waals surface area contributed by atoms with Crippen LogP contribution in [0.3, 0.4) is 0 Å². The molecule has 6 heteroatoms. The van der Waals surface area contributed by atoms with Crippen LogP contribution in [0.1, 0.15) is 6.92 Å². The maximum atomic E-state index is 12.1. The Morgan fingerprint density at radius 2 is 2.32 bits per heavy atom. The number of fused-ring (bicyclic) bond motifs is 1. The molecular weight excluding hydrogens is 248 g/mol. The van der Waals surface area contributed by atoms with Crippen LogP contribution in [-0.2, 0) is 4.79 Å². The van der Waals surface area contributed by atoms with Gasteiger partial charge in [0.05, 0.1) is 17.5 Å². The van der Waals surface area contributed by atoms with Crippen molar-refractivity contribution in [3.05, 3.63) is 41.0 Å². The number of aliphatic carboxylic acids is 1. The van der Waals surface area contributed by atoms with Crippen LogP contribution in [0.2, 0.25) is 0 Å². The topological polar surface area (TPSA) is 81.4 Å². The number of nitrogens with zero attached hydrogens (tertiary/aromatic N) is 2. The molecule has 1 heterocycles. The van der Waals surface area contributed by atoms with E-state index in [1.807, 2.05) is 6.92 Å². The normalized spacial score (nSPS) is 11.0. The zero-order valence-electron chi connectivity index (χ0n) is 10.2. The van der Waals surface area contributed by atoms with Crippen molar-refractivity contribution in [2.24, 2.45) is 0 Å². The molecule has 6 nitrogen and oxygen atoms in total. The van der Waals surface area contributed by atoms with E-state index in [-0.39, 0.29) is 5.56 Å². The van der Waals surface area contributed by atoms with Gasteiger partial charge in [0.2, 0.25) is 0 Å². The summed E-state index contributed by atoms with van der Waals surface area (Å²) < 4.78 is 6.44. The summed E-state index contributed by atoms with van der Waals surface area (Å²) in [6, 6.07) is 5.02. The molecular formula is C13H12N2O4. The molecule has 0 bridgehead atoms. The zero-order chi connectivity index (χ0) is 13.8. The number of ether oxygens (including phenoxy) is 1. The fourth-order valence-electron chi connectivity index (χ4n) is 1.62. The highest BCUT2D eigenvalue weighted by molar-refractivity contribution is 5.83.